The van der Waals surface area contributed by atoms with E-state index in [1.54, 1.807) is 55.6 Å². The zero-order valence-electron chi connectivity index (χ0n) is 13.7. The van der Waals surface area contributed by atoms with Crippen molar-refractivity contribution in [3.8, 4) is 0 Å². The van der Waals surface area contributed by atoms with Gasteiger partial charge in [-0.3, -0.25) is 20.2 Å². The third-order valence-electron chi connectivity index (χ3n) is 3.85. The fourth-order valence-corrected chi connectivity index (χ4v) is 2.58. The minimum absolute atomic E-state index is 0.0308. The zero-order valence-corrected chi connectivity index (χ0v) is 13.7. The summed E-state index contributed by atoms with van der Waals surface area (Å²) in [4.78, 5) is 25.7. The van der Waals surface area contributed by atoms with E-state index < -0.39 is 9.85 Å². The number of hydrogen-bond donors (Lipinski definition) is 1. The molecule has 8 nitrogen and oxygen atoms in total. The molecular formula is C18H14N4O4. The molecule has 0 saturated carbocycles. The van der Waals surface area contributed by atoms with Gasteiger partial charge in [-0.15, -0.1) is 0 Å². The molecule has 0 bridgehead atoms. The third kappa shape index (κ3) is 3.34. The molecule has 2 aromatic carbocycles. The Bertz CT molecular complexity index is 1050. The molecule has 0 saturated heterocycles. The number of fused-ring (bicyclic) bond motifs is 1. The lowest BCUT2D eigenvalue weighted by molar-refractivity contribution is -0.384. The lowest BCUT2D eigenvalue weighted by atomic mass is 10.1. The van der Waals surface area contributed by atoms with E-state index in [4.69, 9.17) is 0 Å². The van der Waals surface area contributed by atoms with E-state index in [1.165, 1.54) is 12.1 Å². The van der Waals surface area contributed by atoms with Gasteiger partial charge in [-0.1, -0.05) is 30.3 Å². The molecule has 0 unspecified atom stereocenters. The number of aromatic nitrogens is 1. The van der Waals surface area contributed by atoms with Gasteiger partial charge >= 0.3 is 0 Å². The van der Waals surface area contributed by atoms with E-state index in [0.717, 1.165) is 0 Å². The summed E-state index contributed by atoms with van der Waals surface area (Å²) in [7, 11) is 1.61. The fraction of sp³-hybridized carbons (Fsp3) is 0.0556. The predicted octanol–water partition coefficient (Wildman–Crippen LogP) is 4.26. The van der Waals surface area contributed by atoms with Crippen LogP contribution < -0.4 is 5.32 Å². The molecule has 0 spiro atoms. The summed E-state index contributed by atoms with van der Waals surface area (Å²) in [6, 6.07) is 13.1. The molecule has 0 amide bonds. The lowest BCUT2D eigenvalue weighted by Gasteiger charge is -2.03. The van der Waals surface area contributed by atoms with Crippen LogP contribution in [-0.2, 0) is 0 Å². The van der Waals surface area contributed by atoms with Crippen molar-refractivity contribution >= 4 is 40.1 Å². The Morgan fingerprint density at radius 1 is 0.962 bits per heavy atom. The maximum atomic E-state index is 11.1. The summed E-state index contributed by atoms with van der Waals surface area (Å²) in [5.74, 6) is 0. The highest BCUT2D eigenvalue weighted by atomic mass is 16.6. The van der Waals surface area contributed by atoms with Gasteiger partial charge in [0.15, 0.2) is 0 Å². The lowest BCUT2D eigenvalue weighted by Crippen LogP contribution is -1.96. The summed E-state index contributed by atoms with van der Waals surface area (Å²) in [6.45, 7) is 0. The highest BCUT2D eigenvalue weighted by Crippen LogP contribution is 2.27. The van der Waals surface area contributed by atoms with E-state index in [9.17, 15) is 20.2 Å². The second-order valence-corrected chi connectivity index (χ2v) is 5.46. The number of nitrogens with zero attached hydrogens (tertiary/aromatic N) is 3. The molecule has 0 aliphatic carbocycles. The van der Waals surface area contributed by atoms with E-state index >= 15 is 0 Å². The summed E-state index contributed by atoms with van der Waals surface area (Å²) in [5.41, 5.74) is 1.78. The Morgan fingerprint density at radius 2 is 1.73 bits per heavy atom. The van der Waals surface area contributed by atoms with Crippen LogP contribution in [0, 0.1) is 20.2 Å². The van der Waals surface area contributed by atoms with Crippen LogP contribution >= 0.6 is 0 Å². The SMILES string of the molecule is CNc1ccc(/C=C/c2ccc3cccc([N+](=O)[O-])c3n2)cc1[N+](=O)[O-]. The van der Waals surface area contributed by atoms with Gasteiger partial charge in [0.1, 0.15) is 11.2 Å². The van der Waals surface area contributed by atoms with Gasteiger partial charge in [-0.05, 0) is 23.8 Å². The highest BCUT2D eigenvalue weighted by molar-refractivity contribution is 5.88. The van der Waals surface area contributed by atoms with Gasteiger partial charge in [0, 0.05) is 24.6 Å². The van der Waals surface area contributed by atoms with Gasteiger partial charge in [0.25, 0.3) is 11.4 Å². The highest BCUT2D eigenvalue weighted by Gasteiger charge is 2.13. The monoisotopic (exact) mass is 350 g/mol. The van der Waals surface area contributed by atoms with Crippen molar-refractivity contribution in [2.45, 2.75) is 0 Å². The van der Waals surface area contributed by atoms with Crippen LogP contribution in [0.15, 0.2) is 48.5 Å². The number of non-ortho nitro benzene ring substituents is 1. The molecular weight excluding hydrogens is 336 g/mol. The Morgan fingerprint density at radius 3 is 2.42 bits per heavy atom. The first kappa shape index (κ1) is 17.0. The van der Waals surface area contributed by atoms with Gasteiger partial charge in [-0.25, -0.2) is 4.98 Å². The molecule has 0 aliphatic heterocycles. The number of hydrogen-bond acceptors (Lipinski definition) is 6. The fourth-order valence-electron chi connectivity index (χ4n) is 2.58. The summed E-state index contributed by atoms with van der Waals surface area (Å²) < 4.78 is 0. The van der Waals surface area contributed by atoms with Gasteiger partial charge in [-0.2, -0.15) is 0 Å². The molecule has 0 atom stereocenters. The van der Waals surface area contributed by atoms with Crippen molar-refractivity contribution in [3.05, 3.63) is 80.0 Å². The third-order valence-corrected chi connectivity index (χ3v) is 3.85. The topological polar surface area (TPSA) is 111 Å². The molecule has 1 heterocycles. The molecule has 0 aliphatic rings. The van der Waals surface area contributed by atoms with Crippen LogP contribution in [0.1, 0.15) is 11.3 Å². The van der Waals surface area contributed by atoms with Crippen LogP contribution in [0.5, 0.6) is 0 Å². The number of nitro groups is 2. The first-order valence-corrected chi connectivity index (χ1v) is 7.68. The Balaban J connectivity index is 1.98. The Hall–Kier alpha value is -3.81. The number of pyridine rings is 1. The van der Waals surface area contributed by atoms with Crippen LogP contribution in [0.2, 0.25) is 0 Å². The Kier molecular flexibility index (Phi) is 4.57. The standard InChI is InChI=1S/C18H14N4O4/c1-19-15-10-6-12(11-17(15)22(25)26)5-8-14-9-7-13-3-2-4-16(21(23)24)18(13)20-14/h2-11,19H,1H3/b8-5+. The number of benzene rings is 2. The predicted molar refractivity (Wildman–Crippen MR) is 100.0 cm³/mol. The van der Waals surface area contributed by atoms with Crippen molar-refractivity contribution in [2.24, 2.45) is 0 Å². The van der Waals surface area contributed by atoms with Crippen molar-refractivity contribution in [1.29, 1.82) is 0 Å². The van der Waals surface area contributed by atoms with Crippen molar-refractivity contribution in [1.82, 2.24) is 4.98 Å². The molecule has 1 N–H and O–H groups in total. The normalized spacial score (nSPS) is 11.0. The molecule has 1 aromatic heterocycles. The zero-order chi connectivity index (χ0) is 18.7. The van der Waals surface area contributed by atoms with Crippen LogP contribution in [-0.4, -0.2) is 21.9 Å². The molecule has 3 aromatic rings. The van der Waals surface area contributed by atoms with E-state index in [-0.39, 0.29) is 11.4 Å². The molecule has 3 rings (SSSR count). The van der Waals surface area contributed by atoms with Crippen molar-refractivity contribution < 1.29 is 9.85 Å². The maximum Gasteiger partial charge on any atom is 0.295 e. The minimum Gasteiger partial charge on any atom is -0.383 e. The molecule has 0 fully saturated rings. The number of anilines is 1. The first-order valence-electron chi connectivity index (χ1n) is 7.68. The van der Waals surface area contributed by atoms with Gasteiger partial charge in [0.05, 0.1) is 15.5 Å². The van der Waals surface area contributed by atoms with E-state index in [1.807, 2.05) is 0 Å². The van der Waals surface area contributed by atoms with Crippen molar-refractivity contribution in [3.63, 3.8) is 0 Å². The Labute approximate surface area is 148 Å². The number of nitrogens with one attached hydrogen (secondary N) is 1. The number of nitro benzene ring substituents is 2. The average Bonchev–Trinajstić information content (AvgIpc) is 2.65. The average molecular weight is 350 g/mol. The first-order chi connectivity index (χ1) is 12.5. The van der Waals surface area contributed by atoms with Gasteiger partial charge in [0.2, 0.25) is 0 Å². The van der Waals surface area contributed by atoms with Crippen LogP contribution in [0.3, 0.4) is 0 Å². The van der Waals surface area contributed by atoms with E-state index in [2.05, 4.69) is 10.3 Å². The molecule has 130 valence electrons. The smallest absolute Gasteiger partial charge is 0.295 e. The minimum atomic E-state index is -0.470. The van der Waals surface area contributed by atoms with Crippen LogP contribution in [0.4, 0.5) is 17.1 Å². The van der Waals surface area contributed by atoms with E-state index in [0.29, 0.717) is 27.8 Å². The summed E-state index contributed by atoms with van der Waals surface area (Å²) in [5, 5.41) is 25.7. The summed E-state index contributed by atoms with van der Waals surface area (Å²) in [6.07, 6.45) is 3.34. The second kappa shape index (κ2) is 6.98. The van der Waals surface area contributed by atoms with Crippen molar-refractivity contribution in [2.75, 3.05) is 12.4 Å². The molecule has 8 heteroatoms. The molecule has 26 heavy (non-hydrogen) atoms. The number of rotatable bonds is 5. The maximum absolute atomic E-state index is 11.1. The second-order valence-electron chi connectivity index (χ2n) is 5.46. The molecule has 0 radical (unpaired) electrons. The largest absolute Gasteiger partial charge is 0.383 e. The summed E-state index contributed by atoms with van der Waals surface area (Å²) >= 11 is 0. The van der Waals surface area contributed by atoms with Crippen LogP contribution in [0.25, 0.3) is 23.1 Å². The van der Waals surface area contributed by atoms with Gasteiger partial charge < -0.3 is 5.32 Å². The number of para-hydroxylation sites is 1. The quantitative estimate of drug-likeness (QED) is 0.543.